The number of aryl methyl sites for hydroxylation is 1. The number of carboxylic acid groups (broad SMARTS) is 1. The summed E-state index contributed by atoms with van der Waals surface area (Å²) >= 11 is 1.16. The van der Waals surface area contributed by atoms with E-state index in [1.165, 1.54) is 12.1 Å². The zero-order chi connectivity index (χ0) is 17.1. The van der Waals surface area contributed by atoms with Crippen LogP contribution in [0.15, 0.2) is 48.5 Å². The Kier molecular flexibility index (Phi) is 4.57. The molecule has 0 fully saturated rings. The fraction of sp³-hybridized carbons (Fsp3) is 0.111. The molecule has 0 atom stereocenters. The molecule has 1 aromatic heterocycles. The summed E-state index contributed by atoms with van der Waals surface area (Å²) in [5.74, 6) is -0.120. The van der Waals surface area contributed by atoms with Crippen LogP contribution in [0, 0.1) is 5.82 Å². The van der Waals surface area contributed by atoms with E-state index in [-0.39, 0.29) is 10.7 Å². The second kappa shape index (κ2) is 6.80. The minimum Gasteiger partial charge on any atom is -0.477 e. The van der Waals surface area contributed by atoms with Crippen LogP contribution in [0.1, 0.15) is 22.3 Å². The van der Waals surface area contributed by atoms with E-state index in [0.717, 1.165) is 16.9 Å². The van der Waals surface area contributed by atoms with E-state index in [1.807, 2.05) is 19.1 Å². The second-order valence-electron chi connectivity index (χ2n) is 5.03. The van der Waals surface area contributed by atoms with Gasteiger partial charge in [0.25, 0.3) is 0 Å². The Morgan fingerprint density at radius 2 is 1.71 bits per heavy atom. The highest BCUT2D eigenvalue weighted by Gasteiger charge is 2.16. The molecular weight excluding hydrogens is 329 g/mol. The molecule has 0 spiro atoms. The zero-order valence-electron chi connectivity index (χ0n) is 12.8. The quantitative estimate of drug-likeness (QED) is 0.708. The van der Waals surface area contributed by atoms with Crippen molar-refractivity contribution in [3.63, 3.8) is 0 Å². The number of rotatable bonds is 5. The number of halogens is 1. The van der Waals surface area contributed by atoms with Gasteiger partial charge in [0.05, 0.1) is 5.69 Å². The van der Waals surface area contributed by atoms with Crippen molar-refractivity contribution in [2.45, 2.75) is 13.3 Å². The number of carboxylic acids is 1. The van der Waals surface area contributed by atoms with Crippen molar-refractivity contribution in [3.05, 3.63) is 64.9 Å². The lowest BCUT2D eigenvalue weighted by atomic mass is 10.2. The molecule has 6 heteroatoms. The fourth-order valence-corrected chi connectivity index (χ4v) is 3.18. The van der Waals surface area contributed by atoms with E-state index in [9.17, 15) is 14.3 Å². The maximum Gasteiger partial charge on any atom is 0.347 e. The van der Waals surface area contributed by atoms with Crippen LogP contribution in [0.4, 0.5) is 4.39 Å². The number of hydrogen-bond acceptors (Lipinski definition) is 4. The number of benzene rings is 2. The number of nitrogens with zero attached hydrogens (tertiary/aromatic N) is 1. The van der Waals surface area contributed by atoms with Gasteiger partial charge in [0.15, 0.2) is 0 Å². The predicted octanol–water partition coefficient (Wildman–Crippen LogP) is 5.00. The average Bonchev–Trinajstić information content (AvgIpc) is 3.02. The molecule has 0 saturated carbocycles. The van der Waals surface area contributed by atoms with Crippen LogP contribution in [-0.4, -0.2) is 16.1 Å². The molecule has 0 unspecified atom stereocenters. The smallest absolute Gasteiger partial charge is 0.347 e. The Morgan fingerprint density at radius 3 is 2.21 bits per heavy atom. The van der Waals surface area contributed by atoms with Gasteiger partial charge in [0, 0.05) is 5.56 Å². The molecule has 0 saturated heterocycles. The number of ether oxygens (including phenoxy) is 1. The van der Waals surface area contributed by atoms with Gasteiger partial charge in [0.1, 0.15) is 27.2 Å². The molecule has 4 nitrogen and oxygen atoms in total. The molecule has 0 radical (unpaired) electrons. The molecular formula is C18H14FNO3S. The summed E-state index contributed by atoms with van der Waals surface area (Å²) in [6, 6.07) is 13.0. The van der Waals surface area contributed by atoms with Crippen LogP contribution in [0.5, 0.6) is 11.5 Å². The monoisotopic (exact) mass is 343 g/mol. The van der Waals surface area contributed by atoms with Crippen LogP contribution >= 0.6 is 11.3 Å². The van der Waals surface area contributed by atoms with Gasteiger partial charge in [0.2, 0.25) is 0 Å². The van der Waals surface area contributed by atoms with E-state index < -0.39 is 5.97 Å². The van der Waals surface area contributed by atoms with Crippen LogP contribution < -0.4 is 4.74 Å². The van der Waals surface area contributed by atoms with Crippen LogP contribution in [0.2, 0.25) is 0 Å². The van der Waals surface area contributed by atoms with Gasteiger partial charge in [-0.15, -0.1) is 11.3 Å². The Balaban J connectivity index is 1.81. The molecule has 3 rings (SSSR count). The number of aromatic carboxylic acids is 1. The Bertz CT molecular complexity index is 857. The third kappa shape index (κ3) is 3.44. The normalized spacial score (nSPS) is 10.6. The molecule has 1 heterocycles. The van der Waals surface area contributed by atoms with E-state index in [1.54, 1.807) is 24.3 Å². The van der Waals surface area contributed by atoms with Crippen molar-refractivity contribution in [1.29, 1.82) is 0 Å². The minimum absolute atomic E-state index is 0.277. The summed E-state index contributed by atoms with van der Waals surface area (Å²) in [5, 5.41) is 9.87. The van der Waals surface area contributed by atoms with Gasteiger partial charge in [-0.3, -0.25) is 0 Å². The highest BCUT2D eigenvalue weighted by Crippen LogP contribution is 2.30. The molecule has 24 heavy (non-hydrogen) atoms. The molecule has 1 N–H and O–H groups in total. The lowest BCUT2D eigenvalue weighted by molar-refractivity contribution is 0.0701. The summed E-state index contributed by atoms with van der Waals surface area (Å²) in [4.78, 5) is 15.9. The molecule has 2 aromatic carbocycles. The zero-order valence-corrected chi connectivity index (χ0v) is 13.6. The predicted molar refractivity (Wildman–Crippen MR) is 90.4 cm³/mol. The number of hydrogen-bond donors (Lipinski definition) is 1. The van der Waals surface area contributed by atoms with Crippen molar-refractivity contribution >= 4 is 17.3 Å². The summed E-state index contributed by atoms with van der Waals surface area (Å²) in [5.41, 5.74) is 1.42. The lowest BCUT2D eigenvalue weighted by Crippen LogP contribution is -1.97. The van der Waals surface area contributed by atoms with Gasteiger partial charge in [-0.1, -0.05) is 6.92 Å². The topological polar surface area (TPSA) is 59.4 Å². The van der Waals surface area contributed by atoms with Crippen LogP contribution in [-0.2, 0) is 6.42 Å². The Hall–Kier alpha value is -2.73. The van der Waals surface area contributed by atoms with Gasteiger partial charge < -0.3 is 9.84 Å². The third-order valence-electron chi connectivity index (χ3n) is 3.38. The first-order chi connectivity index (χ1) is 11.6. The van der Waals surface area contributed by atoms with Gasteiger partial charge >= 0.3 is 5.97 Å². The van der Waals surface area contributed by atoms with Crippen molar-refractivity contribution in [3.8, 4) is 22.1 Å². The molecule has 0 aliphatic heterocycles. The Labute approximate surface area is 142 Å². The van der Waals surface area contributed by atoms with E-state index >= 15 is 0 Å². The average molecular weight is 343 g/mol. The molecule has 0 aliphatic carbocycles. The second-order valence-corrected chi connectivity index (χ2v) is 6.03. The third-order valence-corrected chi connectivity index (χ3v) is 4.51. The molecule has 0 aliphatic rings. The van der Waals surface area contributed by atoms with Crippen molar-refractivity contribution < 1.29 is 19.0 Å². The molecule has 3 aromatic rings. The van der Waals surface area contributed by atoms with Crippen LogP contribution in [0.25, 0.3) is 10.6 Å². The standard InChI is InChI=1S/C18H14FNO3S/c1-2-15-16(18(21)22)24-17(20-15)11-3-7-13(8-4-11)23-14-9-5-12(19)6-10-14/h3-10H,2H2,1H3,(H,21,22). The first kappa shape index (κ1) is 16.1. The van der Waals surface area contributed by atoms with E-state index in [4.69, 9.17) is 4.74 Å². The van der Waals surface area contributed by atoms with Gasteiger partial charge in [-0.2, -0.15) is 0 Å². The first-order valence-electron chi connectivity index (χ1n) is 7.33. The fourth-order valence-electron chi connectivity index (χ4n) is 2.19. The summed E-state index contributed by atoms with van der Waals surface area (Å²) < 4.78 is 18.5. The van der Waals surface area contributed by atoms with Gasteiger partial charge in [-0.25, -0.2) is 14.2 Å². The highest BCUT2D eigenvalue weighted by molar-refractivity contribution is 7.17. The summed E-state index contributed by atoms with van der Waals surface area (Å²) in [6.07, 6.45) is 0.573. The van der Waals surface area contributed by atoms with Gasteiger partial charge in [-0.05, 0) is 55.0 Å². The first-order valence-corrected chi connectivity index (χ1v) is 8.15. The molecule has 122 valence electrons. The van der Waals surface area contributed by atoms with Crippen LogP contribution in [0.3, 0.4) is 0 Å². The SMILES string of the molecule is CCc1nc(-c2ccc(Oc3ccc(F)cc3)cc2)sc1C(=O)O. The number of carbonyl (C=O) groups is 1. The maximum atomic E-state index is 12.9. The maximum absolute atomic E-state index is 12.9. The van der Waals surface area contributed by atoms with E-state index in [0.29, 0.717) is 28.6 Å². The van der Waals surface area contributed by atoms with E-state index in [2.05, 4.69) is 4.98 Å². The minimum atomic E-state index is -0.952. The number of aromatic nitrogens is 1. The van der Waals surface area contributed by atoms with Crippen molar-refractivity contribution in [1.82, 2.24) is 4.98 Å². The largest absolute Gasteiger partial charge is 0.477 e. The van der Waals surface area contributed by atoms with Crippen molar-refractivity contribution in [2.75, 3.05) is 0 Å². The lowest BCUT2D eigenvalue weighted by Gasteiger charge is -2.06. The highest BCUT2D eigenvalue weighted by atomic mass is 32.1. The summed E-state index contributed by atoms with van der Waals surface area (Å²) in [6.45, 7) is 1.88. The molecule has 0 bridgehead atoms. The van der Waals surface area contributed by atoms with Crippen molar-refractivity contribution in [2.24, 2.45) is 0 Å². The number of thiazole rings is 1. The Morgan fingerprint density at radius 1 is 1.12 bits per heavy atom. The summed E-state index contributed by atoms with van der Waals surface area (Å²) in [7, 11) is 0. The molecule has 0 amide bonds.